The number of allylic oxidation sites excluding steroid dienone is 2. The molecule has 1 saturated heterocycles. The average molecular weight is 863 g/mol. The summed E-state index contributed by atoms with van der Waals surface area (Å²) in [4.78, 5) is 53.7. The number of rotatable bonds is 4. The number of nitrogens with zero attached hydrogens (tertiary/aromatic N) is 3. The second kappa shape index (κ2) is 17.4. The maximum atomic E-state index is 14.7. The Morgan fingerprint density at radius 1 is 1.00 bits per heavy atom. The summed E-state index contributed by atoms with van der Waals surface area (Å²) >= 11 is 0. The topological polar surface area (TPSA) is 229 Å². The van der Waals surface area contributed by atoms with Crippen LogP contribution in [0.4, 0.5) is 5.69 Å². The fourth-order valence-corrected chi connectivity index (χ4v) is 9.25. The number of ether oxygens (including phenoxy) is 4. The Labute approximate surface area is 361 Å². The fraction of sp³-hybridized carbons (Fsp3) is 0.587. The summed E-state index contributed by atoms with van der Waals surface area (Å²) in [7, 11) is 1.39. The molecule has 4 heterocycles. The number of Topliss-reactive ketones (excluding diaryl/α,β-unsaturated/α-hetero) is 1. The molecule has 16 nitrogen and oxygen atoms in total. The first kappa shape index (κ1) is 46.6. The summed E-state index contributed by atoms with van der Waals surface area (Å²) in [6.45, 7) is 18.4. The van der Waals surface area contributed by atoms with Gasteiger partial charge in [-0.05, 0) is 32.8 Å². The molecule has 0 saturated carbocycles. The molecule has 0 radical (unpaired) electrons. The third-order valence-electron chi connectivity index (χ3n) is 12.9. The molecule has 0 aromatic heterocycles. The van der Waals surface area contributed by atoms with E-state index in [0.717, 1.165) is 6.54 Å². The van der Waals surface area contributed by atoms with Gasteiger partial charge in [-0.1, -0.05) is 52.8 Å². The lowest BCUT2D eigenvalue weighted by Crippen LogP contribution is -2.59. The first-order chi connectivity index (χ1) is 29.0. The van der Waals surface area contributed by atoms with Crippen molar-refractivity contribution >= 4 is 34.1 Å². The van der Waals surface area contributed by atoms with Crippen LogP contribution in [0, 0.1) is 30.6 Å². The van der Waals surface area contributed by atoms with Crippen LogP contribution in [0.1, 0.15) is 91.1 Å². The predicted octanol–water partition coefficient (Wildman–Crippen LogP) is 3.86. The number of esters is 1. The number of carbonyl (C=O) groups excluding carboxylic acids is 3. The van der Waals surface area contributed by atoms with Gasteiger partial charge in [-0.15, -0.1) is 0 Å². The fourth-order valence-electron chi connectivity index (χ4n) is 9.25. The third kappa shape index (κ3) is 8.34. The van der Waals surface area contributed by atoms with E-state index in [9.17, 15) is 39.9 Å². The van der Waals surface area contributed by atoms with Crippen molar-refractivity contribution in [2.75, 3.05) is 32.1 Å². The van der Waals surface area contributed by atoms with Crippen LogP contribution in [-0.2, 0) is 23.8 Å². The second-order valence-electron chi connectivity index (χ2n) is 18.2. The number of piperidine rings is 1. The Bertz CT molecular complexity index is 2350. The number of fused-ring (bicyclic) bond motifs is 1. The Morgan fingerprint density at radius 2 is 1.65 bits per heavy atom. The molecular weight excluding hydrogens is 801 g/mol. The Kier molecular flexibility index (Phi) is 13.1. The highest BCUT2D eigenvalue weighted by Crippen LogP contribution is 2.50. The molecule has 4 aliphatic heterocycles. The molecule has 4 aliphatic rings. The number of phenolic OH excluding ortho intramolecular Hbond substituents is 2. The van der Waals surface area contributed by atoms with E-state index in [1.54, 1.807) is 39.8 Å². The van der Waals surface area contributed by atoms with Gasteiger partial charge in [0.2, 0.25) is 0 Å². The molecule has 9 atom stereocenters. The van der Waals surface area contributed by atoms with Crippen LogP contribution in [-0.4, -0.2) is 116 Å². The number of benzene rings is 2. The smallest absolute Gasteiger partial charge is 0.312 e. The average Bonchev–Trinajstić information content (AvgIpc) is 3.71. The third-order valence-corrected chi connectivity index (χ3v) is 12.9. The number of amides is 1. The van der Waals surface area contributed by atoms with Crippen molar-refractivity contribution in [3.8, 4) is 17.2 Å². The van der Waals surface area contributed by atoms with Gasteiger partial charge in [-0.25, -0.2) is 0 Å². The number of nitrogens with one attached hydrogen (secondary N) is 1. The van der Waals surface area contributed by atoms with Gasteiger partial charge < -0.3 is 54.7 Å². The maximum absolute atomic E-state index is 14.7. The van der Waals surface area contributed by atoms with Crippen LogP contribution in [0.5, 0.6) is 17.2 Å². The molecule has 0 aliphatic carbocycles. The normalized spacial score (nSPS) is 33.5. The van der Waals surface area contributed by atoms with Gasteiger partial charge in [0.1, 0.15) is 34.2 Å². The molecule has 2 aromatic carbocycles. The second-order valence-corrected chi connectivity index (χ2v) is 18.2. The zero-order chi connectivity index (χ0) is 45.8. The zero-order valence-electron chi connectivity index (χ0n) is 37.5. The van der Waals surface area contributed by atoms with Crippen molar-refractivity contribution in [1.82, 2.24) is 4.90 Å². The number of anilines is 1. The number of hydrogen-bond acceptors (Lipinski definition) is 15. The zero-order valence-corrected chi connectivity index (χ0v) is 37.5. The number of phenols is 2. The van der Waals surface area contributed by atoms with Gasteiger partial charge in [-0.2, -0.15) is 0 Å². The van der Waals surface area contributed by atoms with Crippen molar-refractivity contribution in [1.29, 1.82) is 0 Å². The predicted molar refractivity (Wildman–Crippen MR) is 229 cm³/mol. The minimum atomic E-state index is -2.12. The minimum absolute atomic E-state index is 0.00147. The minimum Gasteiger partial charge on any atom is -0.507 e. The summed E-state index contributed by atoms with van der Waals surface area (Å²) in [6, 6.07) is 0. The van der Waals surface area contributed by atoms with Gasteiger partial charge in [0.25, 0.3) is 11.7 Å². The van der Waals surface area contributed by atoms with E-state index in [1.807, 2.05) is 0 Å². The lowest BCUT2D eigenvalue weighted by atomic mass is 9.75. The van der Waals surface area contributed by atoms with E-state index in [4.69, 9.17) is 28.9 Å². The lowest BCUT2D eigenvalue weighted by molar-refractivity contribution is -0.204. The molecule has 1 fully saturated rings. The molecule has 6 N–H and O–H groups in total. The summed E-state index contributed by atoms with van der Waals surface area (Å²) in [6.07, 6.45) is 3.27. The molecular formula is C46H62N4O12. The van der Waals surface area contributed by atoms with Gasteiger partial charge in [0.15, 0.2) is 11.4 Å². The number of aliphatic hydroxyl groups excluding tert-OH is 2. The summed E-state index contributed by atoms with van der Waals surface area (Å²) in [5.74, 6) is -6.86. The SMILES string of the molecule is CO[C@H]1/C=C/O[C@@]2(C)Oc3c(C)c(O)c4c(O)c(c5c(c4c3C2=O)=NC2(CCN(CC(C)C)CC2)N=5)NC(=O)/C(C)=C\C=C\[C@H](C)[C@H](O)[C@@H](C)[C@@H](O)C(C)(O)[C@H](OC(C)=O)[C@@H]1C. The number of likely N-dealkylation sites (tertiary alicyclic amines) is 1. The first-order valence-electron chi connectivity index (χ1n) is 21.3. The number of ketones is 1. The van der Waals surface area contributed by atoms with Gasteiger partial charge in [0, 0.05) is 87.7 Å². The van der Waals surface area contributed by atoms with E-state index in [-0.39, 0.29) is 49.6 Å². The number of methoxy groups -OCH3 is 1. The molecule has 6 rings (SSSR count). The highest BCUT2D eigenvalue weighted by Gasteiger charge is 2.51. The molecule has 4 bridgehead atoms. The summed E-state index contributed by atoms with van der Waals surface area (Å²) in [5.41, 5.74) is -2.84. The Morgan fingerprint density at radius 3 is 2.26 bits per heavy atom. The summed E-state index contributed by atoms with van der Waals surface area (Å²) in [5, 5.41) is 62.0. The molecule has 2 aromatic rings. The van der Waals surface area contributed by atoms with Crippen molar-refractivity contribution in [3.63, 3.8) is 0 Å². The van der Waals surface area contributed by atoms with Crippen LogP contribution in [0.15, 0.2) is 46.1 Å². The maximum Gasteiger partial charge on any atom is 0.312 e. The highest BCUT2D eigenvalue weighted by atomic mass is 16.7. The van der Waals surface area contributed by atoms with Crippen LogP contribution < -0.4 is 20.8 Å². The summed E-state index contributed by atoms with van der Waals surface area (Å²) < 4.78 is 23.7. The van der Waals surface area contributed by atoms with Crippen molar-refractivity contribution in [3.05, 3.63) is 58.0 Å². The standard InChI is InChI=1S/C46H62N4O12/c1-22(2)21-50-18-16-46(17-19-50)48-33-30-31-37(53)26(6)39-32(30)41(56)45(10,62-39)60-20-15-29(59-11)25(5)42(61-28(8)51)44(9,58)40(55)27(7)36(52)23(3)13-12-14-24(4)43(57)47-35(38(31)54)34(33)49-46/h12-15,20,22-23,25,27,29,36,40,42,52-55,58H,16-19,21H2,1-11H3,(H,47,57)/b13-12+,20-15+,24-14-/t23-,25+,27+,29-,36-,40+,42+,44?,45-/m0/s1. The molecule has 1 amide bonds. The number of aliphatic hydroxyl groups is 3. The van der Waals surface area contributed by atoms with Crippen molar-refractivity contribution in [2.45, 2.75) is 124 Å². The highest BCUT2D eigenvalue weighted by molar-refractivity contribution is 6.19. The number of carbonyl (C=O) groups is 3. The van der Waals surface area contributed by atoms with Gasteiger partial charge in [-0.3, -0.25) is 24.4 Å². The molecule has 62 heavy (non-hydrogen) atoms. The monoisotopic (exact) mass is 862 g/mol. The van der Waals surface area contributed by atoms with Crippen LogP contribution in [0.25, 0.3) is 10.8 Å². The Hall–Kier alpha value is -4.87. The molecule has 16 heteroatoms. The van der Waals surface area contributed by atoms with E-state index in [2.05, 4.69) is 24.1 Å². The first-order valence-corrected chi connectivity index (χ1v) is 21.3. The van der Waals surface area contributed by atoms with E-state index < -0.39 is 88.4 Å². The van der Waals surface area contributed by atoms with E-state index >= 15 is 0 Å². The molecule has 338 valence electrons. The van der Waals surface area contributed by atoms with E-state index in [0.29, 0.717) is 31.8 Å². The van der Waals surface area contributed by atoms with Crippen LogP contribution in [0.3, 0.4) is 0 Å². The van der Waals surface area contributed by atoms with Gasteiger partial charge in [0.05, 0.1) is 40.9 Å². The quantitative estimate of drug-likeness (QED) is 0.190. The number of aromatic hydroxyl groups is 2. The van der Waals surface area contributed by atoms with Crippen molar-refractivity contribution < 1.29 is 58.9 Å². The van der Waals surface area contributed by atoms with Crippen LogP contribution in [0.2, 0.25) is 0 Å². The van der Waals surface area contributed by atoms with Gasteiger partial charge >= 0.3 is 11.8 Å². The van der Waals surface area contributed by atoms with E-state index in [1.165, 1.54) is 53.2 Å². The lowest BCUT2D eigenvalue weighted by Gasteiger charge is -2.43. The number of hydrogen-bond donors (Lipinski definition) is 6. The molecule has 1 spiro atoms. The molecule has 1 unspecified atom stereocenters. The Balaban J connectivity index is 1.55. The van der Waals surface area contributed by atoms with Crippen molar-refractivity contribution in [2.24, 2.45) is 33.7 Å². The van der Waals surface area contributed by atoms with Crippen LogP contribution >= 0.6 is 0 Å². The largest absolute Gasteiger partial charge is 0.507 e.